The lowest BCUT2D eigenvalue weighted by Gasteiger charge is -2.26. The van der Waals surface area contributed by atoms with Crippen LogP contribution >= 0.6 is 11.8 Å². The quantitative estimate of drug-likeness (QED) is 0.833. The first-order chi connectivity index (χ1) is 10.9. The molecule has 1 unspecified atom stereocenters. The van der Waals surface area contributed by atoms with Gasteiger partial charge in [0.15, 0.2) is 0 Å². The molecule has 0 spiro atoms. The molecule has 1 amide bonds. The smallest absolute Gasteiger partial charge is 0.233 e. The van der Waals surface area contributed by atoms with E-state index in [4.69, 9.17) is 5.11 Å². The van der Waals surface area contributed by atoms with Crippen LogP contribution in [0.1, 0.15) is 68.0 Å². The van der Waals surface area contributed by atoms with Crippen LogP contribution in [-0.4, -0.2) is 39.9 Å². The first kappa shape index (κ1) is 18.1. The van der Waals surface area contributed by atoms with Crippen molar-refractivity contribution in [3.8, 4) is 5.75 Å². The second-order valence-corrected chi connectivity index (χ2v) is 7.75. The SMILES string of the molecule is CC(C)c1cc(C2SCC(=O)N2CCCO)cc(C(C)C)c1O. The number of amides is 1. The number of carbonyl (C=O) groups is 1. The van der Waals surface area contributed by atoms with Crippen LogP contribution < -0.4 is 0 Å². The molecule has 2 rings (SSSR count). The fraction of sp³-hybridized carbons (Fsp3) is 0.611. The van der Waals surface area contributed by atoms with Crippen molar-refractivity contribution in [3.63, 3.8) is 0 Å². The molecule has 0 aliphatic carbocycles. The van der Waals surface area contributed by atoms with Crippen molar-refractivity contribution in [1.82, 2.24) is 4.90 Å². The van der Waals surface area contributed by atoms with Crippen molar-refractivity contribution in [1.29, 1.82) is 0 Å². The highest BCUT2D eigenvalue weighted by Gasteiger charge is 2.33. The number of carbonyl (C=O) groups excluding carboxylic acids is 1. The van der Waals surface area contributed by atoms with Gasteiger partial charge in [0.25, 0.3) is 0 Å². The van der Waals surface area contributed by atoms with Crippen LogP contribution in [0, 0.1) is 0 Å². The summed E-state index contributed by atoms with van der Waals surface area (Å²) in [6.45, 7) is 8.94. The van der Waals surface area contributed by atoms with Crippen molar-refractivity contribution in [3.05, 3.63) is 28.8 Å². The van der Waals surface area contributed by atoms with E-state index in [0.717, 1.165) is 16.7 Å². The molecule has 5 heteroatoms. The molecule has 0 radical (unpaired) electrons. The van der Waals surface area contributed by atoms with Gasteiger partial charge in [-0.2, -0.15) is 0 Å². The summed E-state index contributed by atoms with van der Waals surface area (Å²) in [5.41, 5.74) is 2.95. The van der Waals surface area contributed by atoms with Gasteiger partial charge in [-0.1, -0.05) is 27.7 Å². The van der Waals surface area contributed by atoms with Crippen LogP contribution in [0.2, 0.25) is 0 Å². The zero-order valence-electron chi connectivity index (χ0n) is 14.4. The van der Waals surface area contributed by atoms with E-state index in [1.807, 2.05) is 17.0 Å². The summed E-state index contributed by atoms with van der Waals surface area (Å²) < 4.78 is 0. The number of benzene rings is 1. The Balaban J connectivity index is 2.43. The van der Waals surface area contributed by atoms with Gasteiger partial charge in [0.1, 0.15) is 11.1 Å². The molecule has 23 heavy (non-hydrogen) atoms. The summed E-state index contributed by atoms with van der Waals surface area (Å²) in [4.78, 5) is 14.0. The number of hydrogen-bond acceptors (Lipinski definition) is 4. The molecule has 0 aromatic heterocycles. The second-order valence-electron chi connectivity index (χ2n) is 6.69. The number of thioether (sulfide) groups is 1. The molecule has 4 nitrogen and oxygen atoms in total. The Morgan fingerprint density at radius 1 is 1.22 bits per heavy atom. The lowest BCUT2D eigenvalue weighted by Crippen LogP contribution is -2.29. The second kappa shape index (κ2) is 7.58. The first-order valence-electron chi connectivity index (χ1n) is 8.25. The van der Waals surface area contributed by atoms with Crippen LogP contribution in [0.3, 0.4) is 0 Å². The van der Waals surface area contributed by atoms with Crippen LogP contribution in [0.25, 0.3) is 0 Å². The van der Waals surface area contributed by atoms with E-state index in [0.29, 0.717) is 24.5 Å². The molecule has 1 aromatic carbocycles. The number of phenolic OH excluding ortho intramolecular Hbond substituents is 1. The number of aromatic hydroxyl groups is 1. The summed E-state index contributed by atoms with van der Waals surface area (Å²) in [6.07, 6.45) is 0.592. The van der Waals surface area contributed by atoms with Crippen molar-refractivity contribution < 1.29 is 15.0 Å². The zero-order chi connectivity index (χ0) is 17.1. The van der Waals surface area contributed by atoms with Crippen LogP contribution in [0.15, 0.2) is 12.1 Å². The van der Waals surface area contributed by atoms with Crippen molar-refractivity contribution in [2.45, 2.75) is 51.3 Å². The molecule has 1 aromatic rings. The van der Waals surface area contributed by atoms with Crippen LogP contribution in [0.5, 0.6) is 5.75 Å². The normalized spacial score (nSPS) is 18.5. The predicted molar refractivity (Wildman–Crippen MR) is 94.9 cm³/mol. The van der Waals surface area contributed by atoms with Crippen molar-refractivity contribution in [2.24, 2.45) is 0 Å². The molecule has 1 aliphatic rings. The summed E-state index contributed by atoms with van der Waals surface area (Å²) in [7, 11) is 0. The van der Waals surface area contributed by atoms with E-state index >= 15 is 0 Å². The first-order valence-corrected chi connectivity index (χ1v) is 9.30. The highest BCUT2D eigenvalue weighted by atomic mass is 32.2. The molecule has 1 aliphatic heterocycles. The lowest BCUT2D eigenvalue weighted by atomic mass is 9.91. The van der Waals surface area contributed by atoms with Gasteiger partial charge >= 0.3 is 0 Å². The van der Waals surface area contributed by atoms with Crippen LogP contribution in [0.4, 0.5) is 0 Å². The topological polar surface area (TPSA) is 60.8 Å². The zero-order valence-corrected chi connectivity index (χ0v) is 15.2. The molecule has 1 fully saturated rings. The van der Waals surface area contributed by atoms with E-state index in [1.165, 1.54) is 0 Å². The highest BCUT2D eigenvalue weighted by Crippen LogP contribution is 2.43. The fourth-order valence-electron chi connectivity index (χ4n) is 2.94. The summed E-state index contributed by atoms with van der Waals surface area (Å²) in [5, 5.41) is 19.6. The van der Waals surface area contributed by atoms with Gasteiger partial charge in [-0.15, -0.1) is 11.8 Å². The maximum atomic E-state index is 12.1. The van der Waals surface area contributed by atoms with E-state index in [9.17, 15) is 9.90 Å². The monoisotopic (exact) mass is 337 g/mol. The molecule has 1 heterocycles. The summed E-state index contributed by atoms with van der Waals surface area (Å²) >= 11 is 1.62. The average molecular weight is 337 g/mol. The van der Waals surface area contributed by atoms with Gasteiger partial charge in [-0.05, 0) is 47.1 Å². The molecular formula is C18H27NO3S. The Morgan fingerprint density at radius 2 is 1.78 bits per heavy atom. The lowest BCUT2D eigenvalue weighted by molar-refractivity contribution is -0.128. The van der Waals surface area contributed by atoms with Crippen molar-refractivity contribution >= 4 is 17.7 Å². The Bertz CT molecular complexity index is 542. The minimum atomic E-state index is -0.0235. The maximum Gasteiger partial charge on any atom is 0.233 e. The van der Waals surface area contributed by atoms with Gasteiger partial charge in [-0.3, -0.25) is 4.79 Å². The van der Waals surface area contributed by atoms with E-state index in [2.05, 4.69) is 27.7 Å². The molecule has 1 saturated heterocycles. The number of phenols is 1. The number of aliphatic hydroxyl groups excluding tert-OH is 1. The Morgan fingerprint density at radius 3 is 2.26 bits per heavy atom. The van der Waals surface area contributed by atoms with E-state index in [-0.39, 0.29) is 29.7 Å². The maximum absolute atomic E-state index is 12.1. The molecule has 0 bridgehead atoms. The third-order valence-electron chi connectivity index (χ3n) is 4.25. The van der Waals surface area contributed by atoms with Gasteiger partial charge in [0, 0.05) is 13.2 Å². The van der Waals surface area contributed by atoms with Crippen LogP contribution in [-0.2, 0) is 4.79 Å². The van der Waals surface area contributed by atoms with Crippen molar-refractivity contribution in [2.75, 3.05) is 18.9 Å². The molecular weight excluding hydrogens is 310 g/mol. The van der Waals surface area contributed by atoms with Gasteiger partial charge < -0.3 is 15.1 Å². The third-order valence-corrected chi connectivity index (χ3v) is 5.50. The highest BCUT2D eigenvalue weighted by molar-refractivity contribution is 8.00. The number of rotatable bonds is 6. The Hall–Kier alpha value is -1.20. The van der Waals surface area contributed by atoms with Gasteiger partial charge in [-0.25, -0.2) is 0 Å². The Labute approximate surface area is 142 Å². The molecule has 0 saturated carbocycles. The van der Waals surface area contributed by atoms with E-state index in [1.54, 1.807) is 11.8 Å². The minimum Gasteiger partial charge on any atom is -0.507 e. The summed E-state index contributed by atoms with van der Waals surface area (Å²) in [5.74, 6) is 1.43. The summed E-state index contributed by atoms with van der Waals surface area (Å²) in [6, 6.07) is 4.07. The largest absolute Gasteiger partial charge is 0.507 e. The van der Waals surface area contributed by atoms with Gasteiger partial charge in [0.2, 0.25) is 5.91 Å². The number of nitrogens with zero attached hydrogens (tertiary/aromatic N) is 1. The molecule has 2 N–H and O–H groups in total. The minimum absolute atomic E-state index is 0.0235. The third kappa shape index (κ3) is 3.83. The predicted octanol–water partition coefficient (Wildman–Crippen LogP) is 3.60. The van der Waals surface area contributed by atoms with E-state index < -0.39 is 0 Å². The number of hydrogen-bond donors (Lipinski definition) is 2. The molecule has 128 valence electrons. The van der Waals surface area contributed by atoms with Gasteiger partial charge in [0.05, 0.1) is 5.75 Å². The number of aliphatic hydroxyl groups is 1. The standard InChI is InChI=1S/C18H27NO3S/c1-11(2)14-8-13(9-15(12(3)4)17(14)22)18-19(6-5-7-20)16(21)10-23-18/h8-9,11-12,18,20,22H,5-7,10H2,1-4H3. The fourth-order valence-corrected chi connectivity index (χ4v) is 4.14. The average Bonchev–Trinajstić information content (AvgIpc) is 2.85. The molecule has 1 atom stereocenters. The Kier molecular flexibility index (Phi) is 5.98.